The quantitative estimate of drug-likeness (QED) is 0.367. The van der Waals surface area contributed by atoms with Gasteiger partial charge < -0.3 is 4.52 Å². The van der Waals surface area contributed by atoms with Crippen molar-refractivity contribution in [1.82, 2.24) is 19.7 Å². The van der Waals surface area contributed by atoms with Crippen molar-refractivity contribution < 1.29 is 4.52 Å². The van der Waals surface area contributed by atoms with E-state index in [-0.39, 0.29) is 10.8 Å². The van der Waals surface area contributed by atoms with Crippen molar-refractivity contribution in [3.63, 3.8) is 0 Å². The van der Waals surface area contributed by atoms with Gasteiger partial charge in [0.15, 0.2) is 11.0 Å². The topological polar surface area (TPSA) is 73.8 Å². The minimum Gasteiger partial charge on any atom is -0.338 e. The van der Waals surface area contributed by atoms with E-state index in [9.17, 15) is 4.79 Å². The molecule has 3 heterocycles. The van der Waals surface area contributed by atoms with E-state index in [1.165, 1.54) is 11.8 Å². The normalized spacial score (nSPS) is 12.6. The zero-order valence-electron chi connectivity index (χ0n) is 14.7. The van der Waals surface area contributed by atoms with Crippen LogP contribution in [0, 0.1) is 13.8 Å². The Bertz CT molecular complexity index is 987. The molecule has 0 saturated carbocycles. The third kappa shape index (κ3) is 3.28. The summed E-state index contributed by atoms with van der Waals surface area (Å²) in [5, 5.41) is 5.18. The van der Waals surface area contributed by atoms with E-state index < -0.39 is 0 Å². The number of hydrogen-bond acceptors (Lipinski definition) is 7. The first-order valence-corrected chi connectivity index (χ1v) is 9.76. The van der Waals surface area contributed by atoms with Crippen LogP contribution < -0.4 is 5.56 Å². The van der Waals surface area contributed by atoms with E-state index in [1.807, 2.05) is 27.7 Å². The van der Waals surface area contributed by atoms with E-state index in [4.69, 9.17) is 9.51 Å². The van der Waals surface area contributed by atoms with Crippen molar-refractivity contribution in [2.75, 3.05) is 0 Å². The maximum atomic E-state index is 13.0. The molecule has 6 nitrogen and oxygen atoms in total. The number of thioether (sulfide) groups is 1. The third-order valence-electron chi connectivity index (χ3n) is 4.00. The van der Waals surface area contributed by atoms with E-state index in [0.29, 0.717) is 28.8 Å². The van der Waals surface area contributed by atoms with Crippen molar-refractivity contribution >= 4 is 33.3 Å². The number of fused-ring (bicyclic) bond motifs is 1. The minimum atomic E-state index is -0.102. The second-order valence-electron chi connectivity index (χ2n) is 5.72. The van der Waals surface area contributed by atoms with Gasteiger partial charge in [0.25, 0.3) is 5.56 Å². The molecule has 3 aromatic heterocycles. The molecule has 3 rings (SSSR count). The summed E-state index contributed by atoms with van der Waals surface area (Å²) in [5.41, 5.74) is 0.977. The lowest BCUT2D eigenvalue weighted by atomic mass is 10.2. The lowest BCUT2D eigenvalue weighted by molar-refractivity contribution is 0.375. The first-order chi connectivity index (χ1) is 12.0. The van der Waals surface area contributed by atoms with Crippen LogP contribution in [0.5, 0.6) is 0 Å². The summed E-state index contributed by atoms with van der Waals surface area (Å²) >= 11 is 3.00. The second-order valence-corrected chi connectivity index (χ2v) is 8.24. The highest BCUT2D eigenvalue weighted by Crippen LogP contribution is 2.35. The van der Waals surface area contributed by atoms with Gasteiger partial charge in [-0.3, -0.25) is 9.36 Å². The smallest absolute Gasteiger partial charge is 0.263 e. The van der Waals surface area contributed by atoms with Crippen LogP contribution in [0.15, 0.2) is 27.1 Å². The monoisotopic (exact) mass is 376 g/mol. The number of nitrogens with zero attached hydrogens (tertiary/aromatic N) is 4. The molecule has 0 amide bonds. The zero-order valence-corrected chi connectivity index (χ0v) is 16.3. The van der Waals surface area contributed by atoms with Gasteiger partial charge in [-0.25, -0.2) is 4.98 Å². The van der Waals surface area contributed by atoms with Gasteiger partial charge in [0, 0.05) is 17.8 Å². The van der Waals surface area contributed by atoms with Crippen LogP contribution in [0.1, 0.15) is 41.3 Å². The van der Waals surface area contributed by atoms with Gasteiger partial charge in [-0.2, -0.15) is 4.98 Å². The highest BCUT2D eigenvalue weighted by atomic mass is 32.2. The fourth-order valence-corrected chi connectivity index (χ4v) is 4.49. The van der Waals surface area contributed by atoms with E-state index in [1.54, 1.807) is 22.0 Å². The minimum absolute atomic E-state index is 0.0266. The first-order valence-electron chi connectivity index (χ1n) is 8.06. The number of hydrogen-bond donors (Lipinski definition) is 0. The lowest BCUT2D eigenvalue weighted by Crippen LogP contribution is -2.22. The maximum Gasteiger partial charge on any atom is 0.263 e. The Labute approximate surface area is 154 Å². The van der Waals surface area contributed by atoms with Crippen LogP contribution in [0.25, 0.3) is 10.2 Å². The predicted molar refractivity (Wildman–Crippen MR) is 101 cm³/mol. The highest BCUT2D eigenvalue weighted by molar-refractivity contribution is 7.99. The molecule has 0 spiro atoms. The molecule has 1 unspecified atom stereocenters. The standard InChI is InChI=1S/C17H20N4O2S2/c1-6-8-21-16(22)13-9(3)10(4)24-15(13)19-17(21)25-11(5)14-18-12(7-2)20-23-14/h6,11H,1,7-8H2,2-5H3. The van der Waals surface area contributed by atoms with Crippen LogP contribution >= 0.6 is 23.1 Å². The fraction of sp³-hybridized carbons (Fsp3) is 0.412. The number of rotatable bonds is 6. The summed E-state index contributed by atoms with van der Waals surface area (Å²) in [6.07, 6.45) is 2.43. The average Bonchev–Trinajstić information content (AvgIpc) is 3.17. The van der Waals surface area contributed by atoms with Crippen molar-refractivity contribution in [2.24, 2.45) is 0 Å². The van der Waals surface area contributed by atoms with Crippen molar-refractivity contribution in [2.45, 2.75) is 51.1 Å². The molecule has 0 aliphatic heterocycles. The first kappa shape index (κ1) is 17.9. The van der Waals surface area contributed by atoms with E-state index in [0.717, 1.165) is 21.7 Å². The summed E-state index contributed by atoms with van der Waals surface area (Å²) in [6, 6.07) is 0. The van der Waals surface area contributed by atoms with Crippen molar-refractivity contribution in [3.8, 4) is 0 Å². The van der Waals surface area contributed by atoms with Crippen LogP contribution in [0.2, 0.25) is 0 Å². The Morgan fingerprint density at radius 2 is 2.16 bits per heavy atom. The number of aryl methyl sites for hydroxylation is 3. The molecule has 1 atom stereocenters. The molecule has 0 aliphatic carbocycles. The van der Waals surface area contributed by atoms with Gasteiger partial charge >= 0.3 is 0 Å². The van der Waals surface area contributed by atoms with Crippen molar-refractivity contribution in [3.05, 3.63) is 45.2 Å². The largest absolute Gasteiger partial charge is 0.338 e. The Kier molecular flexibility index (Phi) is 5.10. The van der Waals surface area contributed by atoms with Crippen molar-refractivity contribution in [1.29, 1.82) is 0 Å². The molecular weight excluding hydrogens is 356 g/mol. The average molecular weight is 377 g/mol. The fourth-order valence-electron chi connectivity index (χ4n) is 2.47. The van der Waals surface area contributed by atoms with Crippen LogP contribution in [-0.4, -0.2) is 19.7 Å². The summed E-state index contributed by atoms with van der Waals surface area (Å²) in [5.74, 6) is 1.22. The molecule has 0 saturated heterocycles. The maximum absolute atomic E-state index is 13.0. The molecule has 0 bridgehead atoms. The molecule has 0 aliphatic rings. The Balaban J connectivity index is 2.06. The molecule has 0 radical (unpaired) electrons. The SMILES string of the molecule is C=CCn1c(SC(C)c2nc(CC)no2)nc2sc(C)c(C)c2c1=O. The third-order valence-corrected chi connectivity index (χ3v) is 6.17. The Morgan fingerprint density at radius 3 is 2.80 bits per heavy atom. The van der Waals surface area contributed by atoms with Gasteiger partial charge in [-0.05, 0) is 26.3 Å². The number of allylic oxidation sites excluding steroid dienone is 1. The van der Waals surface area contributed by atoms with E-state index >= 15 is 0 Å². The summed E-state index contributed by atoms with van der Waals surface area (Å²) < 4.78 is 6.98. The molecule has 3 aromatic rings. The Morgan fingerprint density at radius 1 is 1.40 bits per heavy atom. The van der Waals surface area contributed by atoms with Crippen LogP contribution in [0.4, 0.5) is 0 Å². The summed E-state index contributed by atoms with van der Waals surface area (Å²) in [7, 11) is 0. The summed E-state index contributed by atoms with van der Waals surface area (Å²) in [4.78, 5) is 24.0. The zero-order chi connectivity index (χ0) is 18.1. The molecule has 132 valence electrons. The molecular formula is C17H20N4O2S2. The highest BCUT2D eigenvalue weighted by Gasteiger charge is 2.21. The number of thiophene rings is 1. The lowest BCUT2D eigenvalue weighted by Gasteiger charge is -2.12. The predicted octanol–water partition coefficient (Wildman–Crippen LogP) is 4.06. The van der Waals surface area contributed by atoms with Crippen LogP contribution in [0.3, 0.4) is 0 Å². The van der Waals surface area contributed by atoms with Gasteiger partial charge in [-0.1, -0.05) is 29.9 Å². The molecule has 25 heavy (non-hydrogen) atoms. The van der Waals surface area contributed by atoms with Gasteiger partial charge in [-0.15, -0.1) is 17.9 Å². The Hall–Kier alpha value is -1.93. The number of aromatic nitrogens is 4. The van der Waals surface area contributed by atoms with Gasteiger partial charge in [0.2, 0.25) is 5.89 Å². The van der Waals surface area contributed by atoms with E-state index in [2.05, 4.69) is 16.7 Å². The second kappa shape index (κ2) is 7.13. The summed E-state index contributed by atoms with van der Waals surface area (Å²) in [6.45, 7) is 12.1. The molecule has 0 N–H and O–H groups in total. The molecule has 0 aromatic carbocycles. The molecule has 0 fully saturated rings. The van der Waals surface area contributed by atoms with Gasteiger partial charge in [0.1, 0.15) is 4.83 Å². The van der Waals surface area contributed by atoms with Crippen LogP contribution in [-0.2, 0) is 13.0 Å². The van der Waals surface area contributed by atoms with Gasteiger partial charge in [0.05, 0.1) is 10.6 Å². The molecule has 8 heteroatoms.